The number of carbonyl (C=O) groups excluding carboxylic acids is 1. The summed E-state index contributed by atoms with van der Waals surface area (Å²) in [4.78, 5) is 21.9. The zero-order valence-electron chi connectivity index (χ0n) is 11.5. The molecule has 0 aliphatic rings. The van der Waals surface area contributed by atoms with Crippen molar-refractivity contribution in [3.8, 4) is 0 Å². The van der Waals surface area contributed by atoms with E-state index in [0.29, 0.717) is 5.56 Å². The van der Waals surface area contributed by atoms with Crippen LogP contribution in [0.3, 0.4) is 0 Å². The molecule has 0 saturated heterocycles. The molecule has 0 aliphatic carbocycles. The van der Waals surface area contributed by atoms with Crippen molar-refractivity contribution in [3.05, 3.63) is 34.9 Å². The number of carbonyl (C=O) groups is 2. The molecule has 0 spiro atoms. The number of aryl methyl sites for hydroxylation is 1. The highest BCUT2D eigenvalue weighted by atomic mass is 16.4. The second-order valence-corrected chi connectivity index (χ2v) is 4.63. The van der Waals surface area contributed by atoms with Crippen LogP contribution in [0.25, 0.3) is 0 Å². The summed E-state index contributed by atoms with van der Waals surface area (Å²) in [5, 5.41) is 31.7. The van der Waals surface area contributed by atoms with Crippen LogP contribution >= 0.6 is 0 Å². The van der Waals surface area contributed by atoms with E-state index in [1.807, 2.05) is 0 Å². The number of aromatic carboxylic acids is 1. The molecule has 0 bridgehead atoms. The maximum Gasteiger partial charge on any atom is 0.336 e. The fourth-order valence-corrected chi connectivity index (χ4v) is 1.99. The van der Waals surface area contributed by atoms with Gasteiger partial charge in [0.2, 0.25) is 5.91 Å². The van der Waals surface area contributed by atoms with Crippen LogP contribution in [0.4, 0.5) is 0 Å². The van der Waals surface area contributed by atoms with E-state index in [9.17, 15) is 24.9 Å². The van der Waals surface area contributed by atoms with Crippen LogP contribution in [0.5, 0.6) is 0 Å². The molecular formula is C14H19NO5. The van der Waals surface area contributed by atoms with Gasteiger partial charge in [0.05, 0.1) is 11.7 Å². The molecular weight excluding hydrogens is 262 g/mol. The number of carboxylic acids is 1. The van der Waals surface area contributed by atoms with Gasteiger partial charge in [0, 0.05) is 13.5 Å². The predicted octanol–water partition coefficient (Wildman–Crippen LogP) is 0.614. The van der Waals surface area contributed by atoms with Crippen LogP contribution in [-0.2, 0) is 4.79 Å². The van der Waals surface area contributed by atoms with Crippen molar-refractivity contribution in [2.75, 3.05) is 6.54 Å². The number of rotatable bonds is 6. The zero-order valence-corrected chi connectivity index (χ0v) is 11.5. The molecule has 2 unspecified atom stereocenters. The summed E-state index contributed by atoms with van der Waals surface area (Å²) < 4.78 is 0. The van der Waals surface area contributed by atoms with Gasteiger partial charge in [0.25, 0.3) is 0 Å². The molecule has 2 atom stereocenters. The third-order valence-corrected chi connectivity index (χ3v) is 3.02. The fraction of sp³-hybridized carbons (Fsp3) is 0.429. The smallest absolute Gasteiger partial charge is 0.336 e. The second-order valence-electron chi connectivity index (χ2n) is 4.63. The maximum absolute atomic E-state index is 11.2. The summed E-state index contributed by atoms with van der Waals surface area (Å²) in [6.07, 6.45) is -2.33. The number of hydrogen-bond donors (Lipinski definition) is 4. The Balaban J connectivity index is 2.86. The fourth-order valence-electron chi connectivity index (χ4n) is 1.99. The predicted molar refractivity (Wildman–Crippen MR) is 72.4 cm³/mol. The summed E-state index contributed by atoms with van der Waals surface area (Å²) >= 11 is 0. The Labute approximate surface area is 117 Å². The first-order chi connectivity index (χ1) is 9.34. The highest BCUT2D eigenvalue weighted by Crippen LogP contribution is 2.25. The van der Waals surface area contributed by atoms with Gasteiger partial charge in [-0.3, -0.25) is 4.79 Å². The number of aliphatic hydroxyl groups excluding tert-OH is 2. The summed E-state index contributed by atoms with van der Waals surface area (Å²) in [5.74, 6) is -1.38. The average molecular weight is 281 g/mol. The lowest BCUT2D eigenvalue weighted by Gasteiger charge is -2.20. The molecule has 6 heteroatoms. The highest BCUT2D eigenvalue weighted by Gasteiger charge is 2.24. The molecule has 0 aliphatic heterocycles. The Morgan fingerprint density at radius 2 is 1.95 bits per heavy atom. The zero-order chi connectivity index (χ0) is 15.3. The Kier molecular flexibility index (Phi) is 5.66. The molecule has 0 radical (unpaired) electrons. The van der Waals surface area contributed by atoms with E-state index in [4.69, 9.17) is 0 Å². The number of hydrogen-bond acceptors (Lipinski definition) is 4. The molecule has 0 aromatic heterocycles. The molecule has 1 amide bonds. The van der Waals surface area contributed by atoms with Gasteiger partial charge >= 0.3 is 5.97 Å². The molecule has 4 N–H and O–H groups in total. The number of nitrogens with one attached hydrogen (secondary N) is 1. The van der Waals surface area contributed by atoms with Crippen LogP contribution in [-0.4, -0.2) is 39.8 Å². The Hall–Kier alpha value is -1.92. The van der Waals surface area contributed by atoms with E-state index < -0.39 is 18.2 Å². The number of benzene rings is 1. The Morgan fingerprint density at radius 3 is 2.50 bits per heavy atom. The minimum absolute atomic E-state index is 0.00132. The van der Waals surface area contributed by atoms with E-state index in [2.05, 4.69) is 5.32 Å². The third-order valence-electron chi connectivity index (χ3n) is 3.02. The van der Waals surface area contributed by atoms with Crippen molar-refractivity contribution in [1.29, 1.82) is 0 Å². The Morgan fingerprint density at radius 1 is 1.30 bits per heavy atom. The lowest BCUT2D eigenvalue weighted by Crippen LogP contribution is -2.28. The molecule has 1 aromatic rings. The number of carboxylic acid groups (broad SMARTS) is 1. The van der Waals surface area contributed by atoms with E-state index >= 15 is 0 Å². The van der Waals surface area contributed by atoms with Crippen LogP contribution in [0.2, 0.25) is 0 Å². The van der Waals surface area contributed by atoms with Crippen molar-refractivity contribution in [3.63, 3.8) is 0 Å². The van der Waals surface area contributed by atoms with Crippen molar-refractivity contribution >= 4 is 11.9 Å². The van der Waals surface area contributed by atoms with Gasteiger partial charge in [-0.2, -0.15) is 0 Å². The normalized spacial score (nSPS) is 13.6. The summed E-state index contributed by atoms with van der Waals surface area (Å²) in [6, 6.07) is 4.73. The minimum atomic E-state index is -1.31. The van der Waals surface area contributed by atoms with Gasteiger partial charge < -0.3 is 20.6 Å². The van der Waals surface area contributed by atoms with Gasteiger partial charge in [-0.05, 0) is 24.5 Å². The van der Waals surface area contributed by atoms with Crippen molar-refractivity contribution in [2.45, 2.75) is 32.5 Å². The molecule has 1 rings (SSSR count). The van der Waals surface area contributed by atoms with Gasteiger partial charge in [0.1, 0.15) is 6.10 Å². The van der Waals surface area contributed by atoms with Crippen molar-refractivity contribution in [2.24, 2.45) is 0 Å². The van der Waals surface area contributed by atoms with Gasteiger partial charge in [-0.1, -0.05) is 18.2 Å². The second kappa shape index (κ2) is 7.02. The van der Waals surface area contributed by atoms with Crippen LogP contribution in [0.15, 0.2) is 18.2 Å². The first-order valence-corrected chi connectivity index (χ1v) is 6.28. The van der Waals surface area contributed by atoms with Gasteiger partial charge in [0.15, 0.2) is 0 Å². The lowest BCUT2D eigenvalue weighted by atomic mass is 9.94. The Bertz CT molecular complexity index is 500. The first kappa shape index (κ1) is 16.1. The quantitative estimate of drug-likeness (QED) is 0.611. The van der Waals surface area contributed by atoms with Crippen LogP contribution in [0.1, 0.15) is 40.9 Å². The summed E-state index contributed by atoms with van der Waals surface area (Å²) in [6.45, 7) is 3.19. The molecule has 0 heterocycles. The summed E-state index contributed by atoms with van der Waals surface area (Å²) in [7, 11) is 0. The molecule has 1 aromatic carbocycles. The molecule has 20 heavy (non-hydrogen) atoms. The minimum Gasteiger partial charge on any atom is -0.478 e. The topological polar surface area (TPSA) is 107 Å². The van der Waals surface area contributed by atoms with Crippen molar-refractivity contribution < 1.29 is 24.9 Å². The molecule has 0 saturated carbocycles. The van der Waals surface area contributed by atoms with E-state index in [1.165, 1.54) is 13.0 Å². The largest absolute Gasteiger partial charge is 0.478 e. The first-order valence-electron chi connectivity index (χ1n) is 6.28. The SMILES string of the molecule is CC(=O)NCCC(O)C(O)c1cccc(C)c1C(=O)O. The van der Waals surface area contributed by atoms with E-state index in [0.717, 1.165) is 0 Å². The third kappa shape index (κ3) is 4.04. The van der Waals surface area contributed by atoms with E-state index in [-0.39, 0.29) is 30.0 Å². The van der Waals surface area contributed by atoms with E-state index in [1.54, 1.807) is 19.1 Å². The number of amides is 1. The summed E-state index contributed by atoms with van der Waals surface area (Å²) in [5.41, 5.74) is 0.689. The molecule has 110 valence electrons. The monoisotopic (exact) mass is 281 g/mol. The van der Waals surface area contributed by atoms with Crippen molar-refractivity contribution in [1.82, 2.24) is 5.32 Å². The average Bonchev–Trinajstić information content (AvgIpc) is 2.36. The van der Waals surface area contributed by atoms with Crippen LogP contribution in [0, 0.1) is 6.92 Å². The molecule has 0 fully saturated rings. The standard InChI is InChI=1S/C14H19NO5/c1-8-4-3-5-10(12(8)14(19)20)13(18)11(17)6-7-15-9(2)16/h3-5,11,13,17-18H,6-7H2,1-2H3,(H,15,16)(H,19,20). The van der Waals surface area contributed by atoms with Gasteiger partial charge in [-0.15, -0.1) is 0 Å². The lowest BCUT2D eigenvalue weighted by molar-refractivity contribution is -0.119. The maximum atomic E-state index is 11.2. The number of aliphatic hydroxyl groups is 2. The highest BCUT2D eigenvalue weighted by molar-refractivity contribution is 5.91. The molecule has 6 nitrogen and oxygen atoms in total. The van der Waals surface area contributed by atoms with Gasteiger partial charge in [-0.25, -0.2) is 4.79 Å². The van der Waals surface area contributed by atoms with Crippen LogP contribution < -0.4 is 5.32 Å².